The number of nitrogens with one attached hydrogen (secondary N) is 1. The Morgan fingerprint density at radius 2 is 1.69 bits per heavy atom. The summed E-state index contributed by atoms with van der Waals surface area (Å²) in [4.78, 5) is 10.9. The van der Waals surface area contributed by atoms with Crippen LogP contribution in [0.1, 0.15) is 32.8 Å². The molecule has 0 aliphatic carbocycles. The summed E-state index contributed by atoms with van der Waals surface area (Å²) in [7, 11) is -4.13. The van der Waals surface area contributed by atoms with E-state index < -0.39 is 15.9 Å². The lowest BCUT2D eigenvalue weighted by molar-refractivity contribution is -0.923. The number of hydrogen-bond acceptors (Lipinski definition) is 4. The SMILES string of the molecule is C=CC(=O)NCCC[N+](CC)(CC)CC.O=S(=O)([O-])Cc1ccccc1. The minimum absolute atomic E-state index is 0.0717. The minimum Gasteiger partial charge on any atom is -0.748 e. The lowest BCUT2D eigenvalue weighted by Gasteiger charge is -2.35. The molecule has 148 valence electrons. The zero-order valence-corrected chi connectivity index (χ0v) is 16.9. The normalized spacial score (nSPS) is 11.2. The summed E-state index contributed by atoms with van der Waals surface area (Å²) in [5.41, 5.74) is 0.530. The van der Waals surface area contributed by atoms with Gasteiger partial charge in [-0.1, -0.05) is 36.9 Å². The molecule has 0 spiro atoms. The molecule has 0 bridgehead atoms. The monoisotopic (exact) mass is 384 g/mol. The highest BCUT2D eigenvalue weighted by atomic mass is 32.2. The first-order chi connectivity index (χ1) is 12.2. The van der Waals surface area contributed by atoms with Crippen molar-refractivity contribution in [2.45, 2.75) is 32.9 Å². The van der Waals surface area contributed by atoms with E-state index in [4.69, 9.17) is 0 Å². The molecule has 1 N–H and O–H groups in total. The zero-order valence-electron chi connectivity index (χ0n) is 16.1. The van der Waals surface area contributed by atoms with Crippen LogP contribution in [-0.4, -0.2) is 56.1 Å². The van der Waals surface area contributed by atoms with Gasteiger partial charge in [0.1, 0.15) is 0 Å². The van der Waals surface area contributed by atoms with Crippen molar-refractivity contribution in [2.75, 3.05) is 32.7 Å². The molecule has 1 amide bonds. The van der Waals surface area contributed by atoms with E-state index in [0.29, 0.717) is 5.56 Å². The maximum Gasteiger partial charge on any atom is 0.243 e. The molecule has 6 nitrogen and oxygen atoms in total. The van der Waals surface area contributed by atoms with E-state index in [9.17, 15) is 17.8 Å². The molecule has 1 aromatic rings. The van der Waals surface area contributed by atoms with Gasteiger partial charge in [0.25, 0.3) is 0 Å². The van der Waals surface area contributed by atoms with Crippen LogP contribution in [0.25, 0.3) is 0 Å². The van der Waals surface area contributed by atoms with Gasteiger partial charge in [-0.05, 0) is 32.4 Å². The van der Waals surface area contributed by atoms with Gasteiger partial charge in [0, 0.05) is 13.0 Å². The van der Waals surface area contributed by atoms with Crippen LogP contribution in [0.5, 0.6) is 0 Å². The van der Waals surface area contributed by atoms with Crippen molar-refractivity contribution in [2.24, 2.45) is 0 Å². The highest BCUT2D eigenvalue weighted by molar-refractivity contribution is 7.84. The Hall–Kier alpha value is -1.70. The van der Waals surface area contributed by atoms with Crippen LogP contribution in [0, 0.1) is 0 Å². The van der Waals surface area contributed by atoms with E-state index in [0.717, 1.165) is 24.0 Å². The van der Waals surface area contributed by atoms with E-state index in [-0.39, 0.29) is 5.91 Å². The molecule has 0 unspecified atom stereocenters. The summed E-state index contributed by atoms with van der Waals surface area (Å²) < 4.78 is 31.9. The van der Waals surface area contributed by atoms with Crippen LogP contribution in [-0.2, 0) is 20.7 Å². The van der Waals surface area contributed by atoms with Gasteiger partial charge in [0.2, 0.25) is 5.91 Å². The fraction of sp³-hybridized carbons (Fsp3) is 0.526. The molecule has 7 heteroatoms. The summed E-state index contributed by atoms with van der Waals surface area (Å²) in [5.74, 6) is -0.494. The minimum atomic E-state index is -4.13. The molecule has 0 aromatic heterocycles. The third kappa shape index (κ3) is 11.0. The molecular weight excluding hydrogens is 352 g/mol. The second-order valence-corrected chi connectivity index (χ2v) is 7.45. The summed E-state index contributed by atoms with van der Waals surface area (Å²) in [6, 6.07) is 8.37. The standard InChI is InChI=1S/C12H24N2O.C7H8O3S/c1-5-12(15)13-10-9-11-14(6-2,7-3)8-4;8-11(9,10)6-7-4-2-1-3-5-7/h5H,1,6-11H2,2-4H3;1-5H,6H2,(H,8,9,10). The number of amides is 1. The molecule has 1 rings (SSSR count). The molecule has 0 saturated heterocycles. The van der Waals surface area contributed by atoms with Gasteiger partial charge in [-0.15, -0.1) is 0 Å². The van der Waals surface area contributed by atoms with Crippen molar-refractivity contribution >= 4 is 16.0 Å². The molecule has 0 aliphatic rings. The Morgan fingerprint density at radius 3 is 2.12 bits per heavy atom. The molecular formula is C19H32N2O4S. The van der Waals surface area contributed by atoms with E-state index >= 15 is 0 Å². The quantitative estimate of drug-likeness (QED) is 0.290. The smallest absolute Gasteiger partial charge is 0.243 e. The number of quaternary nitrogens is 1. The first-order valence-electron chi connectivity index (χ1n) is 8.94. The molecule has 26 heavy (non-hydrogen) atoms. The number of carbonyl (C=O) groups excluding carboxylic acids is 1. The Kier molecular flexibility index (Phi) is 11.8. The van der Waals surface area contributed by atoms with Gasteiger partial charge < -0.3 is 14.4 Å². The molecule has 1 aromatic carbocycles. The largest absolute Gasteiger partial charge is 0.748 e. The lowest BCUT2D eigenvalue weighted by Crippen LogP contribution is -2.48. The molecule has 0 atom stereocenters. The highest BCUT2D eigenvalue weighted by Crippen LogP contribution is 2.06. The van der Waals surface area contributed by atoms with Gasteiger partial charge in [0.15, 0.2) is 0 Å². The average Bonchev–Trinajstić information content (AvgIpc) is 2.62. The fourth-order valence-electron chi connectivity index (χ4n) is 2.62. The number of rotatable bonds is 10. The topological polar surface area (TPSA) is 86.3 Å². The van der Waals surface area contributed by atoms with Gasteiger partial charge in [-0.3, -0.25) is 4.79 Å². The Bertz CT molecular complexity index is 618. The molecule has 0 saturated carbocycles. The molecule has 0 radical (unpaired) electrons. The second-order valence-electron chi connectivity index (χ2n) is 6.05. The second kappa shape index (κ2) is 12.6. The van der Waals surface area contributed by atoms with Crippen LogP contribution in [0.2, 0.25) is 0 Å². The van der Waals surface area contributed by atoms with E-state index in [2.05, 4.69) is 32.7 Å². The molecule has 0 heterocycles. The van der Waals surface area contributed by atoms with E-state index in [1.165, 1.54) is 25.7 Å². The van der Waals surface area contributed by atoms with Crippen LogP contribution in [0.4, 0.5) is 0 Å². The van der Waals surface area contributed by atoms with Gasteiger partial charge in [0.05, 0.1) is 42.1 Å². The van der Waals surface area contributed by atoms with Crippen molar-refractivity contribution in [3.05, 3.63) is 48.6 Å². The summed E-state index contributed by atoms with van der Waals surface area (Å²) in [6.45, 7) is 15.5. The number of benzene rings is 1. The van der Waals surface area contributed by atoms with Crippen LogP contribution >= 0.6 is 0 Å². The summed E-state index contributed by atoms with van der Waals surface area (Å²) in [5, 5.41) is 2.81. The predicted octanol–water partition coefficient (Wildman–Crippen LogP) is 2.29. The molecule has 0 fully saturated rings. The zero-order chi connectivity index (χ0) is 20.1. The third-order valence-corrected chi connectivity index (χ3v) is 5.18. The van der Waals surface area contributed by atoms with Crippen molar-refractivity contribution in [1.29, 1.82) is 0 Å². The van der Waals surface area contributed by atoms with Crippen molar-refractivity contribution < 1.29 is 22.2 Å². The van der Waals surface area contributed by atoms with Gasteiger partial charge in [-0.25, -0.2) is 8.42 Å². The van der Waals surface area contributed by atoms with Crippen molar-refractivity contribution in [3.8, 4) is 0 Å². The lowest BCUT2D eigenvalue weighted by atomic mass is 10.2. The van der Waals surface area contributed by atoms with Crippen LogP contribution < -0.4 is 5.32 Å². The highest BCUT2D eigenvalue weighted by Gasteiger charge is 2.19. The fourth-order valence-corrected chi connectivity index (χ4v) is 3.22. The average molecular weight is 385 g/mol. The predicted molar refractivity (Wildman–Crippen MR) is 104 cm³/mol. The first-order valence-corrected chi connectivity index (χ1v) is 10.5. The number of carbonyl (C=O) groups is 1. The third-order valence-electron chi connectivity index (χ3n) is 4.49. The maximum atomic E-state index is 10.9. The number of nitrogens with zero attached hydrogens (tertiary/aromatic N) is 1. The van der Waals surface area contributed by atoms with Gasteiger partial charge in [-0.2, -0.15) is 0 Å². The Morgan fingerprint density at radius 1 is 1.15 bits per heavy atom. The maximum absolute atomic E-state index is 10.9. The van der Waals surface area contributed by atoms with Gasteiger partial charge >= 0.3 is 0 Å². The van der Waals surface area contributed by atoms with Crippen LogP contribution in [0.15, 0.2) is 43.0 Å². The Labute approximate surface area is 158 Å². The Balaban J connectivity index is 0.000000502. The van der Waals surface area contributed by atoms with E-state index in [1.807, 2.05) is 0 Å². The summed E-state index contributed by atoms with van der Waals surface area (Å²) in [6.07, 6.45) is 2.36. The van der Waals surface area contributed by atoms with E-state index in [1.54, 1.807) is 30.3 Å². The number of hydrogen-bond donors (Lipinski definition) is 1. The van der Waals surface area contributed by atoms with Crippen LogP contribution in [0.3, 0.4) is 0 Å². The first kappa shape index (κ1) is 24.3. The van der Waals surface area contributed by atoms with Crippen molar-refractivity contribution in [1.82, 2.24) is 5.32 Å². The molecule has 0 aliphatic heterocycles. The van der Waals surface area contributed by atoms with Crippen molar-refractivity contribution in [3.63, 3.8) is 0 Å². The summed E-state index contributed by atoms with van der Waals surface area (Å²) >= 11 is 0.